The molecule has 0 radical (unpaired) electrons. The van der Waals surface area contributed by atoms with E-state index in [2.05, 4.69) is 0 Å². The second kappa shape index (κ2) is 3.61. The Morgan fingerprint density at radius 2 is 1.60 bits per heavy atom. The molecule has 0 bridgehead atoms. The zero-order chi connectivity index (χ0) is 11.7. The summed E-state index contributed by atoms with van der Waals surface area (Å²) in [6.45, 7) is 0. The average molecular weight is 241 g/mol. The first-order chi connectivity index (χ1) is 6.72. The van der Waals surface area contributed by atoms with Gasteiger partial charge in [-0.15, -0.1) is 0 Å². The predicted octanol–water partition coefficient (Wildman–Crippen LogP) is 1.65. The Morgan fingerprint density at radius 3 is 2.00 bits per heavy atom. The number of phenolic OH excluding ortho intramolecular Hbond substituents is 1. The van der Waals surface area contributed by atoms with Crippen molar-refractivity contribution >= 4 is 15.7 Å². The van der Waals surface area contributed by atoms with Crippen molar-refractivity contribution in [3.8, 4) is 5.75 Å². The van der Waals surface area contributed by atoms with Crippen molar-refractivity contribution in [2.24, 2.45) is 0 Å². The molecule has 15 heavy (non-hydrogen) atoms. The summed E-state index contributed by atoms with van der Waals surface area (Å²) in [6.07, 6.45) is 0. The summed E-state index contributed by atoms with van der Waals surface area (Å²) in [4.78, 5) is 0. The molecule has 0 aliphatic heterocycles. The van der Waals surface area contributed by atoms with Gasteiger partial charge in [-0.2, -0.15) is 21.6 Å². The number of rotatable bonds is 2. The highest BCUT2D eigenvalue weighted by Gasteiger charge is 2.45. The number of benzene rings is 1. The van der Waals surface area contributed by atoms with Crippen molar-refractivity contribution in [1.29, 1.82) is 0 Å². The molecule has 0 aliphatic rings. The molecule has 1 rings (SSSR count). The highest BCUT2D eigenvalue weighted by Crippen LogP contribution is 2.25. The third kappa shape index (κ3) is 2.75. The number of phenols is 1. The maximum atomic E-state index is 11.9. The molecule has 0 aliphatic carbocycles. The molecule has 0 fully saturated rings. The average Bonchev–Trinajstić information content (AvgIpc) is 2.06. The van der Waals surface area contributed by atoms with Crippen LogP contribution in [-0.4, -0.2) is 19.0 Å². The number of hydrogen-bond donors (Lipinski definition) is 2. The van der Waals surface area contributed by atoms with E-state index in [9.17, 15) is 21.6 Å². The number of alkyl halides is 3. The first-order valence-corrected chi connectivity index (χ1v) is 5.09. The predicted molar refractivity (Wildman–Crippen MR) is 46.7 cm³/mol. The second-order valence-corrected chi connectivity index (χ2v) is 4.27. The molecule has 0 saturated heterocycles. The van der Waals surface area contributed by atoms with Gasteiger partial charge in [-0.25, -0.2) is 0 Å². The van der Waals surface area contributed by atoms with Crippen molar-refractivity contribution in [3.05, 3.63) is 24.3 Å². The molecule has 8 heteroatoms. The van der Waals surface area contributed by atoms with E-state index in [1.54, 1.807) is 0 Å². The van der Waals surface area contributed by atoms with Crippen molar-refractivity contribution in [3.63, 3.8) is 0 Å². The largest absolute Gasteiger partial charge is 0.516 e. The number of anilines is 1. The van der Waals surface area contributed by atoms with Crippen LogP contribution in [0.3, 0.4) is 0 Å². The van der Waals surface area contributed by atoms with Crippen LogP contribution in [0.4, 0.5) is 18.9 Å². The summed E-state index contributed by atoms with van der Waals surface area (Å²) in [6, 6.07) is 4.15. The monoisotopic (exact) mass is 241 g/mol. The Bertz CT molecular complexity index is 438. The van der Waals surface area contributed by atoms with Crippen molar-refractivity contribution in [1.82, 2.24) is 0 Å². The lowest BCUT2D eigenvalue weighted by Crippen LogP contribution is -2.29. The third-order valence-corrected chi connectivity index (χ3v) is 2.54. The van der Waals surface area contributed by atoms with E-state index in [1.165, 1.54) is 4.72 Å². The smallest absolute Gasteiger partial charge is 0.508 e. The fourth-order valence-electron chi connectivity index (χ4n) is 0.742. The molecule has 1 aromatic carbocycles. The number of aromatic hydroxyl groups is 1. The summed E-state index contributed by atoms with van der Waals surface area (Å²) < 4.78 is 58.2. The quantitative estimate of drug-likeness (QED) is 0.774. The van der Waals surface area contributed by atoms with Gasteiger partial charge in [-0.1, -0.05) is 0 Å². The molecule has 0 aromatic heterocycles. The number of sulfonamides is 1. The Hall–Kier alpha value is -1.44. The molecule has 0 amide bonds. The summed E-state index contributed by atoms with van der Waals surface area (Å²) >= 11 is 0. The first kappa shape index (κ1) is 11.6. The van der Waals surface area contributed by atoms with Gasteiger partial charge in [-0.05, 0) is 24.3 Å². The van der Waals surface area contributed by atoms with Crippen LogP contribution in [0.25, 0.3) is 0 Å². The lowest BCUT2D eigenvalue weighted by atomic mass is 10.3. The molecule has 2 N–H and O–H groups in total. The van der Waals surface area contributed by atoms with Gasteiger partial charge in [0.1, 0.15) is 5.75 Å². The zero-order valence-corrected chi connectivity index (χ0v) is 7.93. The second-order valence-electron chi connectivity index (χ2n) is 2.60. The molecule has 0 atom stereocenters. The van der Waals surface area contributed by atoms with Gasteiger partial charge in [0.05, 0.1) is 0 Å². The lowest BCUT2D eigenvalue weighted by molar-refractivity contribution is -0.0429. The molecular weight excluding hydrogens is 235 g/mol. The first-order valence-electron chi connectivity index (χ1n) is 3.60. The standard InChI is InChI=1S/C7H6F3NO3S/c8-7(9,10)15(13,14)11-5-1-3-6(12)4-2-5/h1-4,11-12H. The van der Waals surface area contributed by atoms with Crippen LogP contribution in [0, 0.1) is 0 Å². The Labute approximate surface area is 83.4 Å². The zero-order valence-electron chi connectivity index (χ0n) is 7.12. The Kier molecular flexibility index (Phi) is 2.80. The van der Waals surface area contributed by atoms with Gasteiger partial charge in [-0.3, -0.25) is 4.72 Å². The minimum absolute atomic E-state index is 0.176. The van der Waals surface area contributed by atoms with E-state index < -0.39 is 15.5 Å². The lowest BCUT2D eigenvalue weighted by Gasteiger charge is -2.10. The van der Waals surface area contributed by atoms with Crippen LogP contribution in [0.15, 0.2) is 24.3 Å². The molecule has 1 aromatic rings. The maximum absolute atomic E-state index is 11.9. The van der Waals surface area contributed by atoms with Crippen LogP contribution >= 0.6 is 0 Å². The van der Waals surface area contributed by atoms with Gasteiger partial charge < -0.3 is 5.11 Å². The van der Waals surface area contributed by atoms with E-state index in [1.807, 2.05) is 0 Å². The van der Waals surface area contributed by atoms with Crippen LogP contribution in [0.1, 0.15) is 0 Å². The van der Waals surface area contributed by atoms with E-state index in [0.29, 0.717) is 0 Å². The van der Waals surface area contributed by atoms with Gasteiger partial charge in [0.15, 0.2) is 0 Å². The number of hydrogen-bond acceptors (Lipinski definition) is 3. The normalized spacial score (nSPS) is 12.5. The summed E-state index contributed by atoms with van der Waals surface area (Å²) in [5, 5.41) is 8.82. The van der Waals surface area contributed by atoms with Crippen molar-refractivity contribution in [2.75, 3.05) is 4.72 Å². The SMILES string of the molecule is O=S(=O)(Nc1ccc(O)cc1)C(F)(F)F. The molecule has 4 nitrogen and oxygen atoms in total. The van der Waals surface area contributed by atoms with Gasteiger partial charge in [0.25, 0.3) is 0 Å². The van der Waals surface area contributed by atoms with Gasteiger partial charge in [0, 0.05) is 5.69 Å². The molecule has 0 heterocycles. The molecule has 0 saturated carbocycles. The summed E-state index contributed by atoms with van der Waals surface area (Å²) in [7, 11) is -5.40. The fourth-order valence-corrected chi connectivity index (χ4v) is 1.30. The molecule has 0 spiro atoms. The highest BCUT2D eigenvalue weighted by molar-refractivity contribution is 7.93. The van der Waals surface area contributed by atoms with Crippen LogP contribution < -0.4 is 4.72 Å². The number of nitrogens with one attached hydrogen (secondary N) is 1. The van der Waals surface area contributed by atoms with E-state index in [-0.39, 0.29) is 11.4 Å². The highest BCUT2D eigenvalue weighted by atomic mass is 32.2. The topological polar surface area (TPSA) is 66.4 Å². The fraction of sp³-hybridized carbons (Fsp3) is 0.143. The minimum atomic E-state index is -5.40. The minimum Gasteiger partial charge on any atom is -0.508 e. The summed E-state index contributed by atoms with van der Waals surface area (Å²) in [5.41, 5.74) is -5.63. The van der Waals surface area contributed by atoms with Crippen LogP contribution in [0.2, 0.25) is 0 Å². The third-order valence-electron chi connectivity index (χ3n) is 1.42. The van der Waals surface area contributed by atoms with Crippen LogP contribution in [0.5, 0.6) is 5.75 Å². The Balaban J connectivity index is 2.93. The maximum Gasteiger partial charge on any atom is 0.516 e. The Morgan fingerprint density at radius 1 is 1.13 bits per heavy atom. The van der Waals surface area contributed by atoms with Crippen molar-refractivity contribution < 1.29 is 26.7 Å². The summed E-state index contributed by atoms with van der Waals surface area (Å²) in [5.74, 6) is -0.176. The number of halogens is 3. The van der Waals surface area contributed by atoms with E-state index in [4.69, 9.17) is 5.11 Å². The van der Waals surface area contributed by atoms with Crippen LogP contribution in [-0.2, 0) is 10.0 Å². The molecule has 84 valence electrons. The van der Waals surface area contributed by atoms with Gasteiger partial charge in [0.2, 0.25) is 0 Å². The molecule has 0 unspecified atom stereocenters. The van der Waals surface area contributed by atoms with E-state index in [0.717, 1.165) is 24.3 Å². The van der Waals surface area contributed by atoms with Gasteiger partial charge >= 0.3 is 15.5 Å². The molecular formula is C7H6F3NO3S. The van der Waals surface area contributed by atoms with Crippen molar-refractivity contribution in [2.45, 2.75) is 5.51 Å². The van der Waals surface area contributed by atoms with E-state index >= 15 is 0 Å².